The highest BCUT2D eigenvalue weighted by Crippen LogP contribution is 2.35. The van der Waals surface area contributed by atoms with E-state index in [0.717, 1.165) is 16.6 Å². The fourth-order valence-electron chi connectivity index (χ4n) is 2.04. The molecule has 0 aliphatic rings. The van der Waals surface area contributed by atoms with E-state index in [-0.39, 0.29) is 5.78 Å². The summed E-state index contributed by atoms with van der Waals surface area (Å²) < 4.78 is 0. The fraction of sp³-hybridized carbons (Fsp3) is 0.143. The van der Waals surface area contributed by atoms with Crippen LogP contribution in [0.25, 0.3) is 10.2 Å². The van der Waals surface area contributed by atoms with Gasteiger partial charge in [-0.2, -0.15) is 5.10 Å². The number of aromatic nitrogens is 3. The molecule has 0 aliphatic carbocycles. The lowest BCUT2D eigenvalue weighted by molar-refractivity contribution is 0.104. The van der Waals surface area contributed by atoms with Crippen LogP contribution in [0.5, 0.6) is 0 Å². The van der Waals surface area contributed by atoms with Gasteiger partial charge in [0, 0.05) is 23.3 Å². The zero-order valence-corrected chi connectivity index (χ0v) is 11.9. The third-order valence-electron chi connectivity index (χ3n) is 3.27. The molecule has 0 radical (unpaired) electrons. The van der Waals surface area contributed by atoms with Gasteiger partial charge in [-0.15, -0.1) is 16.4 Å². The van der Waals surface area contributed by atoms with Crippen molar-refractivity contribution in [2.45, 2.75) is 13.8 Å². The molecule has 3 rings (SSSR count). The summed E-state index contributed by atoms with van der Waals surface area (Å²) in [5.41, 5.74) is 8.94. The highest BCUT2D eigenvalue weighted by molar-refractivity contribution is 7.21. The topological polar surface area (TPSA) is 81.8 Å². The average molecular weight is 284 g/mol. The molecule has 100 valence electrons. The number of nitrogens with two attached hydrogens (primary N) is 1. The predicted octanol–water partition coefficient (Wildman–Crippen LogP) is 2.52. The molecule has 0 fully saturated rings. The Balaban J connectivity index is 2.21. The van der Waals surface area contributed by atoms with Gasteiger partial charge in [0.05, 0.1) is 11.4 Å². The second kappa shape index (κ2) is 4.64. The van der Waals surface area contributed by atoms with Gasteiger partial charge in [-0.1, -0.05) is 0 Å². The van der Waals surface area contributed by atoms with Crippen LogP contribution in [-0.2, 0) is 0 Å². The van der Waals surface area contributed by atoms with Crippen molar-refractivity contribution in [2.24, 2.45) is 0 Å². The molecule has 5 nitrogen and oxygen atoms in total. The lowest BCUT2D eigenvalue weighted by Crippen LogP contribution is -2.02. The van der Waals surface area contributed by atoms with Crippen molar-refractivity contribution >= 4 is 33.0 Å². The van der Waals surface area contributed by atoms with E-state index in [1.807, 2.05) is 13.8 Å². The molecule has 2 N–H and O–H groups in total. The van der Waals surface area contributed by atoms with Gasteiger partial charge in [-0.25, -0.2) is 0 Å². The van der Waals surface area contributed by atoms with Crippen LogP contribution in [0.3, 0.4) is 0 Å². The standard InChI is InChI=1S/C14H12N4OS/c1-7-8(2)17-18-14-10(7)11(15)13(20-14)12(19)9-4-3-5-16-6-9/h3-6H,15H2,1-2H3. The molecule has 3 aromatic rings. The van der Waals surface area contributed by atoms with E-state index in [0.29, 0.717) is 21.0 Å². The van der Waals surface area contributed by atoms with Gasteiger partial charge >= 0.3 is 0 Å². The Morgan fingerprint density at radius 3 is 2.80 bits per heavy atom. The number of carbonyl (C=O) groups is 1. The molecule has 6 heteroatoms. The van der Waals surface area contributed by atoms with Crippen LogP contribution < -0.4 is 5.73 Å². The van der Waals surface area contributed by atoms with Gasteiger partial charge in [0.1, 0.15) is 9.71 Å². The molecule has 3 heterocycles. The Morgan fingerprint density at radius 2 is 2.10 bits per heavy atom. The molecule has 20 heavy (non-hydrogen) atoms. The summed E-state index contributed by atoms with van der Waals surface area (Å²) in [5.74, 6) is -0.129. The fourth-order valence-corrected chi connectivity index (χ4v) is 3.10. The van der Waals surface area contributed by atoms with Crippen molar-refractivity contribution in [3.63, 3.8) is 0 Å². The number of nitrogen functional groups attached to an aromatic ring is 1. The van der Waals surface area contributed by atoms with Crippen LogP contribution in [0.4, 0.5) is 5.69 Å². The van der Waals surface area contributed by atoms with Crippen molar-refractivity contribution in [2.75, 3.05) is 5.73 Å². The number of thiophene rings is 1. The van der Waals surface area contributed by atoms with Crippen molar-refractivity contribution in [3.8, 4) is 0 Å². The molecule has 0 bridgehead atoms. The third-order valence-corrected chi connectivity index (χ3v) is 4.35. The Kier molecular flexibility index (Phi) is 2.94. The summed E-state index contributed by atoms with van der Waals surface area (Å²) in [6.07, 6.45) is 3.17. The number of rotatable bonds is 2. The molecule has 0 saturated carbocycles. The van der Waals surface area contributed by atoms with Crippen molar-refractivity contribution in [1.82, 2.24) is 15.2 Å². The number of hydrogen-bond donors (Lipinski definition) is 1. The van der Waals surface area contributed by atoms with Crippen molar-refractivity contribution < 1.29 is 4.79 Å². The molecule has 0 saturated heterocycles. The van der Waals surface area contributed by atoms with E-state index in [1.165, 1.54) is 17.5 Å². The Bertz CT molecular complexity index is 811. The quantitative estimate of drug-likeness (QED) is 0.731. The Morgan fingerprint density at radius 1 is 1.30 bits per heavy atom. The number of fused-ring (bicyclic) bond motifs is 1. The molecule has 0 aromatic carbocycles. The monoisotopic (exact) mass is 284 g/mol. The van der Waals surface area contributed by atoms with Crippen LogP contribution in [-0.4, -0.2) is 21.0 Å². The minimum atomic E-state index is -0.129. The summed E-state index contributed by atoms with van der Waals surface area (Å²) in [5, 5.41) is 9.02. The second-order valence-electron chi connectivity index (χ2n) is 4.51. The maximum Gasteiger partial charge on any atom is 0.206 e. The first-order valence-corrected chi connectivity index (χ1v) is 6.88. The average Bonchev–Trinajstić information content (AvgIpc) is 2.81. The predicted molar refractivity (Wildman–Crippen MR) is 79.0 cm³/mol. The summed E-state index contributed by atoms with van der Waals surface area (Å²) in [6.45, 7) is 3.81. The maximum atomic E-state index is 12.5. The number of nitrogens with zero attached hydrogens (tertiary/aromatic N) is 3. The van der Waals surface area contributed by atoms with Crippen LogP contribution in [0.2, 0.25) is 0 Å². The zero-order valence-electron chi connectivity index (χ0n) is 11.0. The Labute approximate surface area is 119 Å². The highest BCUT2D eigenvalue weighted by atomic mass is 32.1. The number of ketones is 1. The van der Waals surface area contributed by atoms with Crippen molar-refractivity contribution in [3.05, 3.63) is 46.2 Å². The van der Waals surface area contributed by atoms with E-state index in [1.54, 1.807) is 18.3 Å². The molecule has 0 aliphatic heterocycles. The second-order valence-corrected chi connectivity index (χ2v) is 5.51. The molecular formula is C14H12N4OS. The summed E-state index contributed by atoms with van der Waals surface area (Å²) in [4.78, 5) is 17.6. The first-order chi connectivity index (χ1) is 9.59. The maximum absolute atomic E-state index is 12.5. The van der Waals surface area contributed by atoms with Gasteiger partial charge in [-0.3, -0.25) is 9.78 Å². The van der Waals surface area contributed by atoms with E-state index in [4.69, 9.17) is 5.73 Å². The number of pyridine rings is 1. The third kappa shape index (κ3) is 1.85. The van der Waals surface area contributed by atoms with E-state index >= 15 is 0 Å². The van der Waals surface area contributed by atoms with Crippen LogP contribution >= 0.6 is 11.3 Å². The minimum Gasteiger partial charge on any atom is -0.397 e. The number of hydrogen-bond acceptors (Lipinski definition) is 6. The lowest BCUT2D eigenvalue weighted by Gasteiger charge is -2.01. The van der Waals surface area contributed by atoms with Crippen LogP contribution in [0, 0.1) is 13.8 Å². The number of carbonyl (C=O) groups excluding carboxylic acids is 1. The lowest BCUT2D eigenvalue weighted by atomic mass is 10.1. The molecular weight excluding hydrogens is 272 g/mol. The minimum absolute atomic E-state index is 0.129. The van der Waals surface area contributed by atoms with Gasteiger partial charge in [0.25, 0.3) is 0 Å². The molecule has 0 atom stereocenters. The smallest absolute Gasteiger partial charge is 0.206 e. The molecule has 0 amide bonds. The van der Waals surface area contributed by atoms with Gasteiger partial charge in [-0.05, 0) is 31.5 Å². The summed E-state index contributed by atoms with van der Waals surface area (Å²) in [7, 11) is 0. The van der Waals surface area contributed by atoms with Gasteiger partial charge < -0.3 is 5.73 Å². The first-order valence-electron chi connectivity index (χ1n) is 6.06. The first kappa shape index (κ1) is 12.7. The van der Waals surface area contributed by atoms with E-state index in [9.17, 15) is 4.79 Å². The molecule has 0 spiro atoms. The van der Waals surface area contributed by atoms with Crippen LogP contribution in [0.15, 0.2) is 24.5 Å². The SMILES string of the molecule is Cc1nnc2sc(C(=O)c3cccnc3)c(N)c2c1C. The van der Waals surface area contributed by atoms with E-state index in [2.05, 4.69) is 15.2 Å². The highest BCUT2D eigenvalue weighted by Gasteiger charge is 2.20. The summed E-state index contributed by atoms with van der Waals surface area (Å²) >= 11 is 1.27. The Hall–Kier alpha value is -2.34. The number of aryl methyl sites for hydroxylation is 2. The largest absolute Gasteiger partial charge is 0.397 e. The number of anilines is 1. The zero-order chi connectivity index (χ0) is 14.3. The van der Waals surface area contributed by atoms with E-state index < -0.39 is 0 Å². The normalized spacial score (nSPS) is 10.9. The van der Waals surface area contributed by atoms with Gasteiger partial charge in [0.15, 0.2) is 0 Å². The van der Waals surface area contributed by atoms with Gasteiger partial charge in [0.2, 0.25) is 5.78 Å². The molecule has 0 unspecified atom stereocenters. The van der Waals surface area contributed by atoms with Crippen molar-refractivity contribution in [1.29, 1.82) is 0 Å². The summed E-state index contributed by atoms with van der Waals surface area (Å²) in [6, 6.07) is 3.45. The molecule has 3 aromatic heterocycles. The van der Waals surface area contributed by atoms with Crippen LogP contribution in [0.1, 0.15) is 26.5 Å².